The average molecular weight is 202 g/mol. The smallest absolute Gasteiger partial charge is 0.137 e. The maximum Gasteiger partial charge on any atom is 0.137 e. The number of aromatic nitrogens is 2. The molecule has 78 valence electrons. The van der Waals surface area contributed by atoms with Gasteiger partial charge in [-0.25, -0.2) is 4.98 Å². The predicted octanol–water partition coefficient (Wildman–Crippen LogP) is 2.80. The van der Waals surface area contributed by atoms with Crippen molar-refractivity contribution in [2.24, 2.45) is 0 Å². The van der Waals surface area contributed by atoms with E-state index in [2.05, 4.69) is 22.1 Å². The third kappa shape index (κ3) is 1.63. The molecular weight excluding hydrogens is 188 g/mol. The summed E-state index contributed by atoms with van der Waals surface area (Å²) in [6.45, 7) is 0.882. The van der Waals surface area contributed by atoms with Crippen LogP contribution in [0.25, 0.3) is 11.0 Å². The van der Waals surface area contributed by atoms with Crippen LogP contribution in [-0.4, -0.2) is 16.6 Å². The first-order chi connectivity index (χ1) is 7.43. The first-order valence-electron chi connectivity index (χ1n) is 5.49. The molecule has 1 N–H and O–H groups in total. The summed E-state index contributed by atoms with van der Waals surface area (Å²) in [6, 6.07) is 6.19. The zero-order valence-corrected chi connectivity index (χ0v) is 8.57. The van der Waals surface area contributed by atoms with E-state index in [1.165, 1.54) is 23.9 Å². The van der Waals surface area contributed by atoms with Gasteiger partial charge in [0.15, 0.2) is 0 Å². The molecule has 1 aliphatic rings. The fourth-order valence-electron chi connectivity index (χ4n) is 2.14. The van der Waals surface area contributed by atoms with Gasteiger partial charge in [0.1, 0.15) is 5.65 Å². The number of nitrogens with zero attached hydrogens (tertiary/aromatic N) is 1. The van der Waals surface area contributed by atoms with Crippen molar-refractivity contribution in [1.82, 2.24) is 9.97 Å². The molecular formula is C12H14N2O. The van der Waals surface area contributed by atoms with Gasteiger partial charge in [-0.1, -0.05) is 0 Å². The van der Waals surface area contributed by atoms with Crippen molar-refractivity contribution in [3.8, 4) is 0 Å². The van der Waals surface area contributed by atoms with Crippen molar-refractivity contribution in [2.45, 2.75) is 25.4 Å². The van der Waals surface area contributed by atoms with E-state index >= 15 is 0 Å². The molecule has 0 spiro atoms. The molecule has 2 aromatic rings. The van der Waals surface area contributed by atoms with Crippen LogP contribution in [-0.2, 0) is 4.74 Å². The van der Waals surface area contributed by atoms with E-state index in [0.29, 0.717) is 0 Å². The fraction of sp³-hybridized carbons (Fsp3) is 0.417. The van der Waals surface area contributed by atoms with Crippen LogP contribution in [0.3, 0.4) is 0 Å². The summed E-state index contributed by atoms with van der Waals surface area (Å²) in [6.07, 6.45) is 5.62. The molecule has 0 aliphatic carbocycles. The molecule has 1 atom stereocenters. The first-order valence-corrected chi connectivity index (χ1v) is 5.49. The second-order valence-electron chi connectivity index (χ2n) is 4.02. The van der Waals surface area contributed by atoms with Gasteiger partial charge in [0.25, 0.3) is 0 Å². The summed E-state index contributed by atoms with van der Waals surface area (Å²) >= 11 is 0. The van der Waals surface area contributed by atoms with Gasteiger partial charge in [-0.2, -0.15) is 0 Å². The second-order valence-corrected chi connectivity index (χ2v) is 4.02. The topological polar surface area (TPSA) is 37.9 Å². The van der Waals surface area contributed by atoms with Crippen LogP contribution in [0, 0.1) is 0 Å². The third-order valence-corrected chi connectivity index (χ3v) is 2.94. The Hall–Kier alpha value is -1.35. The third-order valence-electron chi connectivity index (χ3n) is 2.94. The lowest BCUT2D eigenvalue weighted by Gasteiger charge is -2.21. The Balaban J connectivity index is 1.96. The largest absolute Gasteiger partial charge is 0.372 e. The molecule has 3 heterocycles. The highest BCUT2D eigenvalue weighted by Gasteiger charge is 2.17. The normalized spacial score (nSPS) is 22.0. The number of hydrogen-bond donors (Lipinski definition) is 1. The Morgan fingerprint density at radius 1 is 1.40 bits per heavy atom. The SMILES string of the molecule is c1cnc2[nH]c(C3CCCCO3)cc2c1. The zero-order valence-electron chi connectivity index (χ0n) is 8.57. The Bertz CT molecular complexity index is 424. The number of pyridine rings is 1. The zero-order chi connectivity index (χ0) is 10.1. The molecule has 0 aromatic carbocycles. The lowest BCUT2D eigenvalue weighted by atomic mass is 10.1. The summed E-state index contributed by atoms with van der Waals surface area (Å²) < 4.78 is 5.73. The minimum Gasteiger partial charge on any atom is -0.372 e. The quantitative estimate of drug-likeness (QED) is 0.772. The minimum atomic E-state index is 0.243. The van der Waals surface area contributed by atoms with Crippen LogP contribution in [0.4, 0.5) is 0 Å². The molecule has 1 saturated heterocycles. The molecule has 15 heavy (non-hydrogen) atoms. The number of fused-ring (bicyclic) bond motifs is 1. The maximum absolute atomic E-state index is 5.73. The fourth-order valence-corrected chi connectivity index (χ4v) is 2.14. The molecule has 1 fully saturated rings. The van der Waals surface area contributed by atoms with E-state index in [0.717, 1.165) is 18.7 Å². The van der Waals surface area contributed by atoms with Gasteiger partial charge in [0.05, 0.1) is 6.10 Å². The number of hydrogen-bond acceptors (Lipinski definition) is 2. The Labute approximate surface area is 88.5 Å². The second kappa shape index (κ2) is 3.66. The van der Waals surface area contributed by atoms with Gasteiger partial charge in [0, 0.05) is 23.9 Å². The van der Waals surface area contributed by atoms with Crippen molar-refractivity contribution >= 4 is 11.0 Å². The van der Waals surface area contributed by atoms with Gasteiger partial charge >= 0.3 is 0 Å². The van der Waals surface area contributed by atoms with Gasteiger partial charge in [-0.3, -0.25) is 0 Å². The van der Waals surface area contributed by atoms with E-state index < -0.39 is 0 Å². The molecule has 1 unspecified atom stereocenters. The maximum atomic E-state index is 5.73. The Kier molecular flexibility index (Phi) is 2.18. The van der Waals surface area contributed by atoms with Crippen LogP contribution in [0.2, 0.25) is 0 Å². The number of H-pyrrole nitrogens is 1. The number of nitrogens with one attached hydrogen (secondary N) is 1. The lowest BCUT2D eigenvalue weighted by Crippen LogP contribution is -2.11. The highest BCUT2D eigenvalue weighted by molar-refractivity contribution is 5.76. The summed E-state index contributed by atoms with van der Waals surface area (Å²) in [4.78, 5) is 7.61. The van der Waals surface area contributed by atoms with Gasteiger partial charge in [-0.15, -0.1) is 0 Å². The number of rotatable bonds is 1. The van der Waals surface area contributed by atoms with Crippen molar-refractivity contribution in [2.75, 3.05) is 6.61 Å². The number of ether oxygens (including phenoxy) is 1. The molecule has 3 nitrogen and oxygen atoms in total. The van der Waals surface area contributed by atoms with Crippen molar-refractivity contribution in [3.05, 3.63) is 30.1 Å². The molecule has 0 amide bonds. The summed E-state index contributed by atoms with van der Waals surface area (Å²) in [7, 11) is 0. The minimum absolute atomic E-state index is 0.243. The van der Waals surface area contributed by atoms with Gasteiger partial charge in [-0.05, 0) is 37.5 Å². The molecule has 3 heteroatoms. The van der Waals surface area contributed by atoms with Crippen LogP contribution >= 0.6 is 0 Å². The van der Waals surface area contributed by atoms with Crippen LogP contribution in [0.5, 0.6) is 0 Å². The molecule has 0 saturated carbocycles. The van der Waals surface area contributed by atoms with Crippen LogP contribution < -0.4 is 0 Å². The van der Waals surface area contributed by atoms with Crippen LogP contribution in [0.15, 0.2) is 24.4 Å². The monoisotopic (exact) mass is 202 g/mol. The van der Waals surface area contributed by atoms with Crippen molar-refractivity contribution in [3.63, 3.8) is 0 Å². The van der Waals surface area contributed by atoms with E-state index in [-0.39, 0.29) is 6.10 Å². The summed E-state index contributed by atoms with van der Waals surface area (Å²) in [5.74, 6) is 0. The standard InChI is InChI=1S/C12H14N2O/c1-2-7-15-11(5-1)10-8-9-4-3-6-13-12(9)14-10/h3-4,6,8,11H,1-2,5,7H2,(H,13,14). The average Bonchev–Trinajstić information content (AvgIpc) is 2.74. The summed E-state index contributed by atoms with van der Waals surface area (Å²) in [5.41, 5.74) is 2.13. The van der Waals surface area contributed by atoms with Crippen molar-refractivity contribution < 1.29 is 4.74 Å². The Morgan fingerprint density at radius 2 is 2.40 bits per heavy atom. The van der Waals surface area contributed by atoms with E-state index in [1.54, 1.807) is 0 Å². The van der Waals surface area contributed by atoms with E-state index in [1.807, 2.05) is 12.3 Å². The highest BCUT2D eigenvalue weighted by atomic mass is 16.5. The molecule has 3 rings (SSSR count). The first kappa shape index (κ1) is 8.92. The predicted molar refractivity (Wildman–Crippen MR) is 58.6 cm³/mol. The molecule has 1 aliphatic heterocycles. The molecule has 2 aromatic heterocycles. The van der Waals surface area contributed by atoms with Crippen LogP contribution in [0.1, 0.15) is 31.1 Å². The van der Waals surface area contributed by atoms with E-state index in [4.69, 9.17) is 4.74 Å². The molecule has 0 radical (unpaired) electrons. The van der Waals surface area contributed by atoms with Crippen molar-refractivity contribution in [1.29, 1.82) is 0 Å². The lowest BCUT2D eigenvalue weighted by molar-refractivity contribution is 0.0127. The number of aromatic amines is 1. The van der Waals surface area contributed by atoms with Gasteiger partial charge < -0.3 is 9.72 Å². The highest BCUT2D eigenvalue weighted by Crippen LogP contribution is 2.28. The molecule has 0 bridgehead atoms. The van der Waals surface area contributed by atoms with Gasteiger partial charge in [0.2, 0.25) is 0 Å². The van der Waals surface area contributed by atoms with E-state index in [9.17, 15) is 0 Å². The Morgan fingerprint density at radius 3 is 3.20 bits per heavy atom. The summed E-state index contributed by atoms with van der Waals surface area (Å²) in [5, 5.41) is 1.17.